The van der Waals surface area contributed by atoms with Crippen molar-refractivity contribution in [1.29, 1.82) is 0 Å². The van der Waals surface area contributed by atoms with Crippen LogP contribution < -0.4 is 14.8 Å². The van der Waals surface area contributed by atoms with E-state index in [1.807, 2.05) is 60.7 Å². The van der Waals surface area contributed by atoms with Crippen molar-refractivity contribution in [2.24, 2.45) is 0 Å². The van der Waals surface area contributed by atoms with Crippen molar-refractivity contribution < 1.29 is 19.0 Å². The van der Waals surface area contributed by atoms with Crippen LogP contribution in [-0.2, 0) is 6.54 Å². The Morgan fingerprint density at radius 3 is 2.59 bits per heavy atom. The molecule has 0 amide bonds. The average Bonchev–Trinajstić information content (AvgIpc) is 3.20. The third-order valence-corrected chi connectivity index (χ3v) is 4.34. The van der Waals surface area contributed by atoms with E-state index in [0.29, 0.717) is 18.0 Å². The number of rotatable bonds is 9. The number of aliphatic hydroxyl groups is 1. The number of hydrogen-bond acceptors (Lipinski definition) is 5. The van der Waals surface area contributed by atoms with Crippen molar-refractivity contribution >= 4 is 0 Å². The number of methoxy groups -OCH3 is 1. The molecule has 1 atom stereocenters. The molecule has 0 saturated carbocycles. The van der Waals surface area contributed by atoms with Gasteiger partial charge in [0.1, 0.15) is 18.1 Å². The summed E-state index contributed by atoms with van der Waals surface area (Å²) in [5.41, 5.74) is 2.15. The zero-order valence-electron chi connectivity index (χ0n) is 15.6. The first kappa shape index (κ1) is 19.0. The normalized spacial score (nSPS) is 12.0. The van der Waals surface area contributed by atoms with E-state index in [-0.39, 0.29) is 19.3 Å². The van der Waals surface area contributed by atoms with Crippen LogP contribution >= 0.6 is 0 Å². The Hall–Kier alpha value is -2.76. The molecule has 0 aliphatic heterocycles. The van der Waals surface area contributed by atoms with Gasteiger partial charge in [-0.1, -0.05) is 36.4 Å². The molecule has 27 heavy (non-hydrogen) atoms. The second kappa shape index (κ2) is 9.26. The fraction of sp³-hybridized carbons (Fsp3) is 0.273. The number of furan rings is 1. The van der Waals surface area contributed by atoms with E-state index < -0.39 is 0 Å². The number of aliphatic hydroxyl groups excluding tert-OH is 1. The molecule has 1 unspecified atom stereocenters. The Morgan fingerprint density at radius 1 is 1.04 bits per heavy atom. The highest BCUT2D eigenvalue weighted by atomic mass is 16.5. The SMILES string of the molecule is COc1cc(C(C)NCc2ccc(-c3ccccc3)o2)ccc1OCCO. The molecule has 0 spiro atoms. The Morgan fingerprint density at radius 2 is 1.85 bits per heavy atom. The van der Waals surface area contributed by atoms with Gasteiger partial charge < -0.3 is 24.3 Å². The van der Waals surface area contributed by atoms with E-state index in [1.54, 1.807) is 7.11 Å². The van der Waals surface area contributed by atoms with Crippen LogP contribution in [0.5, 0.6) is 11.5 Å². The van der Waals surface area contributed by atoms with Crippen LogP contribution in [0.4, 0.5) is 0 Å². The third kappa shape index (κ3) is 4.90. The van der Waals surface area contributed by atoms with Gasteiger partial charge in [-0.2, -0.15) is 0 Å². The maximum absolute atomic E-state index is 8.90. The van der Waals surface area contributed by atoms with Crippen LogP contribution in [0, 0.1) is 0 Å². The van der Waals surface area contributed by atoms with Crippen molar-refractivity contribution in [3.8, 4) is 22.8 Å². The van der Waals surface area contributed by atoms with E-state index in [9.17, 15) is 0 Å². The van der Waals surface area contributed by atoms with Gasteiger partial charge in [0.2, 0.25) is 0 Å². The maximum Gasteiger partial charge on any atom is 0.161 e. The predicted molar refractivity (Wildman–Crippen MR) is 105 cm³/mol. The summed E-state index contributed by atoms with van der Waals surface area (Å²) in [5, 5.41) is 12.4. The van der Waals surface area contributed by atoms with Gasteiger partial charge in [-0.05, 0) is 36.8 Å². The van der Waals surface area contributed by atoms with Crippen LogP contribution in [0.3, 0.4) is 0 Å². The molecule has 142 valence electrons. The Labute approximate surface area is 159 Å². The second-order valence-electron chi connectivity index (χ2n) is 6.22. The fourth-order valence-corrected chi connectivity index (χ4v) is 2.83. The topological polar surface area (TPSA) is 63.9 Å². The summed E-state index contributed by atoms with van der Waals surface area (Å²) >= 11 is 0. The summed E-state index contributed by atoms with van der Waals surface area (Å²) in [5.74, 6) is 3.03. The van der Waals surface area contributed by atoms with E-state index in [0.717, 1.165) is 22.6 Å². The minimum absolute atomic E-state index is 0.0308. The van der Waals surface area contributed by atoms with Crippen LogP contribution in [0.2, 0.25) is 0 Å². The van der Waals surface area contributed by atoms with Crippen LogP contribution in [-0.4, -0.2) is 25.4 Å². The highest BCUT2D eigenvalue weighted by Crippen LogP contribution is 2.30. The van der Waals surface area contributed by atoms with Gasteiger partial charge in [0.05, 0.1) is 20.3 Å². The van der Waals surface area contributed by atoms with Crippen molar-refractivity contribution in [2.75, 3.05) is 20.3 Å². The molecule has 0 aliphatic rings. The predicted octanol–water partition coefficient (Wildman–Crippen LogP) is 4.18. The number of ether oxygens (including phenoxy) is 2. The monoisotopic (exact) mass is 367 g/mol. The molecule has 2 N–H and O–H groups in total. The fourth-order valence-electron chi connectivity index (χ4n) is 2.83. The minimum Gasteiger partial charge on any atom is -0.493 e. The summed E-state index contributed by atoms with van der Waals surface area (Å²) in [4.78, 5) is 0. The van der Waals surface area contributed by atoms with Gasteiger partial charge in [-0.25, -0.2) is 0 Å². The van der Waals surface area contributed by atoms with E-state index in [4.69, 9.17) is 19.0 Å². The summed E-state index contributed by atoms with van der Waals surface area (Å²) in [6, 6.07) is 20.0. The molecule has 0 radical (unpaired) electrons. The summed E-state index contributed by atoms with van der Waals surface area (Å²) < 4.78 is 16.8. The van der Waals surface area contributed by atoms with Crippen molar-refractivity contribution in [2.45, 2.75) is 19.5 Å². The van der Waals surface area contributed by atoms with Gasteiger partial charge >= 0.3 is 0 Å². The Balaban J connectivity index is 1.62. The molecule has 1 aromatic heterocycles. The van der Waals surface area contributed by atoms with Gasteiger partial charge in [0.15, 0.2) is 11.5 Å². The van der Waals surface area contributed by atoms with Crippen molar-refractivity contribution in [3.05, 3.63) is 72.0 Å². The smallest absolute Gasteiger partial charge is 0.161 e. The highest BCUT2D eigenvalue weighted by molar-refractivity contribution is 5.57. The van der Waals surface area contributed by atoms with Gasteiger partial charge in [-0.3, -0.25) is 0 Å². The summed E-state index contributed by atoms with van der Waals surface area (Å²) in [7, 11) is 1.61. The molecule has 5 nitrogen and oxygen atoms in total. The van der Waals surface area contributed by atoms with Gasteiger partial charge in [0, 0.05) is 11.6 Å². The molecule has 3 rings (SSSR count). The first-order chi connectivity index (χ1) is 13.2. The lowest BCUT2D eigenvalue weighted by Gasteiger charge is -2.16. The second-order valence-corrected chi connectivity index (χ2v) is 6.22. The van der Waals surface area contributed by atoms with Gasteiger partial charge in [-0.15, -0.1) is 0 Å². The standard InChI is InChI=1S/C22H25NO4/c1-16(18-8-10-21(26-13-12-24)22(14-18)25-2)23-15-19-9-11-20(27-19)17-6-4-3-5-7-17/h3-11,14,16,23-24H,12-13,15H2,1-2H3. The van der Waals surface area contributed by atoms with E-state index in [1.165, 1.54) is 0 Å². The molecule has 0 aliphatic carbocycles. The number of nitrogens with one attached hydrogen (secondary N) is 1. The maximum atomic E-state index is 8.90. The largest absolute Gasteiger partial charge is 0.493 e. The summed E-state index contributed by atoms with van der Waals surface area (Å²) in [6.45, 7) is 2.92. The number of hydrogen-bond donors (Lipinski definition) is 2. The molecule has 2 aromatic carbocycles. The van der Waals surface area contributed by atoms with Gasteiger partial charge in [0.25, 0.3) is 0 Å². The first-order valence-corrected chi connectivity index (χ1v) is 9.00. The lowest BCUT2D eigenvalue weighted by molar-refractivity contribution is 0.196. The van der Waals surface area contributed by atoms with Crippen LogP contribution in [0.15, 0.2) is 65.1 Å². The Kier molecular flexibility index (Phi) is 6.52. The van der Waals surface area contributed by atoms with Crippen molar-refractivity contribution in [1.82, 2.24) is 5.32 Å². The molecule has 0 saturated heterocycles. The van der Waals surface area contributed by atoms with E-state index >= 15 is 0 Å². The third-order valence-electron chi connectivity index (χ3n) is 4.34. The number of benzene rings is 2. The quantitative estimate of drug-likeness (QED) is 0.594. The first-order valence-electron chi connectivity index (χ1n) is 9.00. The molecule has 5 heteroatoms. The van der Waals surface area contributed by atoms with Crippen molar-refractivity contribution in [3.63, 3.8) is 0 Å². The molecular weight excluding hydrogens is 342 g/mol. The zero-order chi connectivity index (χ0) is 19.1. The average molecular weight is 367 g/mol. The summed E-state index contributed by atoms with van der Waals surface area (Å²) in [6.07, 6.45) is 0. The lowest BCUT2D eigenvalue weighted by atomic mass is 10.1. The Bertz CT molecular complexity index is 845. The lowest BCUT2D eigenvalue weighted by Crippen LogP contribution is -2.17. The minimum atomic E-state index is -0.0308. The van der Waals surface area contributed by atoms with E-state index in [2.05, 4.69) is 12.2 Å². The zero-order valence-corrected chi connectivity index (χ0v) is 15.6. The molecule has 1 heterocycles. The molecule has 0 bridgehead atoms. The molecule has 3 aromatic rings. The molecular formula is C22H25NO4. The molecule has 0 fully saturated rings. The van der Waals surface area contributed by atoms with Crippen LogP contribution in [0.1, 0.15) is 24.3 Å². The highest BCUT2D eigenvalue weighted by Gasteiger charge is 2.12. The van der Waals surface area contributed by atoms with Crippen LogP contribution in [0.25, 0.3) is 11.3 Å².